The van der Waals surface area contributed by atoms with Crippen LogP contribution in [-0.4, -0.2) is 61.5 Å². The van der Waals surface area contributed by atoms with Crippen molar-refractivity contribution in [3.8, 4) is 0 Å². The second-order valence-electron chi connectivity index (χ2n) is 4.73. The van der Waals surface area contributed by atoms with Crippen molar-refractivity contribution in [2.24, 2.45) is 0 Å². The molecule has 1 heterocycles. The number of carbonyl (C=O) groups excluding carboxylic acids is 1. The lowest BCUT2D eigenvalue weighted by atomic mass is 9.97. The maximum absolute atomic E-state index is 12.0. The van der Waals surface area contributed by atoms with E-state index in [9.17, 15) is 4.79 Å². The summed E-state index contributed by atoms with van der Waals surface area (Å²) >= 11 is 0. The van der Waals surface area contributed by atoms with Crippen LogP contribution in [0, 0.1) is 0 Å². The minimum Gasteiger partial charge on any atom is -0.343 e. The van der Waals surface area contributed by atoms with Crippen LogP contribution in [0.4, 0.5) is 0 Å². The highest BCUT2D eigenvalue weighted by molar-refractivity contribution is 5.86. The molecule has 1 amide bonds. The SMILES string of the molecule is CNCCCN1CCN(C)C(=O)C1(C)C. The number of hydrogen-bond acceptors (Lipinski definition) is 3. The Hall–Kier alpha value is -0.610. The van der Waals surface area contributed by atoms with E-state index in [1.807, 2.05) is 32.8 Å². The molecule has 4 heteroatoms. The van der Waals surface area contributed by atoms with Crippen molar-refractivity contribution in [3.05, 3.63) is 0 Å². The fourth-order valence-electron chi connectivity index (χ4n) is 2.09. The normalized spacial score (nSPS) is 22.1. The molecule has 1 fully saturated rings. The fraction of sp³-hybridized carbons (Fsp3) is 0.909. The van der Waals surface area contributed by atoms with Gasteiger partial charge in [-0.25, -0.2) is 0 Å². The van der Waals surface area contributed by atoms with Crippen LogP contribution in [0.25, 0.3) is 0 Å². The number of piperazine rings is 1. The van der Waals surface area contributed by atoms with Crippen LogP contribution in [0.15, 0.2) is 0 Å². The minimum absolute atomic E-state index is 0.234. The van der Waals surface area contributed by atoms with Crippen molar-refractivity contribution in [1.82, 2.24) is 15.1 Å². The molecule has 15 heavy (non-hydrogen) atoms. The Morgan fingerprint density at radius 2 is 2.07 bits per heavy atom. The Balaban J connectivity index is 2.54. The third-order valence-electron chi connectivity index (χ3n) is 3.22. The lowest BCUT2D eigenvalue weighted by Gasteiger charge is -2.44. The summed E-state index contributed by atoms with van der Waals surface area (Å²) in [5.41, 5.74) is -0.333. The van der Waals surface area contributed by atoms with Gasteiger partial charge in [0.1, 0.15) is 0 Å². The van der Waals surface area contributed by atoms with Gasteiger partial charge in [0, 0.05) is 26.7 Å². The number of nitrogens with one attached hydrogen (secondary N) is 1. The molecule has 1 N–H and O–H groups in total. The summed E-state index contributed by atoms with van der Waals surface area (Å²) in [5.74, 6) is 0.234. The highest BCUT2D eigenvalue weighted by atomic mass is 16.2. The molecule has 0 bridgehead atoms. The second kappa shape index (κ2) is 4.94. The Labute approximate surface area is 92.6 Å². The summed E-state index contributed by atoms with van der Waals surface area (Å²) in [7, 11) is 3.84. The number of rotatable bonds is 4. The number of likely N-dealkylation sites (N-methyl/N-ethyl adjacent to an activating group) is 1. The van der Waals surface area contributed by atoms with Crippen molar-refractivity contribution < 1.29 is 4.79 Å². The van der Waals surface area contributed by atoms with E-state index in [1.54, 1.807) is 0 Å². The summed E-state index contributed by atoms with van der Waals surface area (Å²) in [6.07, 6.45) is 1.09. The van der Waals surface area contributed by atoms with Crippen LogP contribution in [-0.2, 0) is 4.79 Å². The highest BCUT2D eigenvalue weighted by Crippen LogP contribution is 2.21. The number of carbonyl (C=O) groups is 1. The molecule has 0 spiro atoms. The summed E-state index contributed by atoms with van der Waals surface area (Å²) < 4.78 is 0. The second-order valence-corrected chi connectivity index (χ2v) is 4.73. The van der Waals surface area contributed by atoms with E-state index >= 15 is 0 Å². The maximum Gasteiger partial charge on any atom is 0.242 e. The molecule has 0 unspecified atom stereocenters. The van der Waals surface area contributed by atoms with E-state index in [0.29, 0.717) is 0 Å². The van der Waals surface area contributed by atoms with Gasteiger partial charge in [-0.05, 0) is 33.9 Å². The van der Waals surface area contributed by atoms with Gasteiger partial charge < -0.3 is 10.2 Å². The standard InChI is InChI=1S/C11H23N3O/c1-11(2)10(15)13(4)8-9-14(11)7-5-6-12-3/h12H,5-9H2,1-4H3. The molecule has 0 saturated carbocycles. The predicted octanol–water partition coefficient (Wildman–Crippen LogP) is 0.149. The molecule has 4 nitrogen and oxygen atoms in total. The molecule has 1 aliphatic rings. The van der Waals surface area contributed by atoms with Gasteiger partial charge in [-0.15, -0.1) is 0 Å². The quantitative estimate of drug-likeness (QED) is 0.675. The van der Waals surface area contributed by atoms with E-state index in [1.165, 1.54) is 0 Å². The molecular formula is C11H23N3O. The Bertz CT molecular complexity index is 228. The van der Waals surface area contributed by atoms with Gasteiger partial charge in [0.15, 0.2) is 0 Å². The summed E-state index contributed by atoms with van der Waals surface area (Å²) in [4.78, 5) is 16.1. The number of hydrogen-bond donors (Lipinski definition) is 1. The van der Waals surface area contributed by atoms with Gasteiger partial charge in [-0.3, -0.25) is 9.69 Å². The highest BCUT2D eigenvalue weighted by Gasteiger charge is 2.39. The first-order chi connectivity index (χ1) is 7.00. The van der Waals surface area contributed by atoms with Crippen LogP contribution >= 0.6 is 0 Å². The molecule has 1 aliphatic heterocycles. The molecule has 0 atom stereocenters. The minimum atomic E-state index is -0.333. The van der Waals surface area contributed by atoms with Gasteiger partial charge in [0.25, 0.3) is 0 Å². The van der Waals surface area contributed by atoms with Crippen molar-refractivity contribution in [1.29, 1.82) is 0 Å². The van der Waals surface area contributed by atoms with Gasteiger partial charge in [0.05, 0.1) is 5.54 Å². The zero-order valence-corrected chi connectivity index (χ0v) is 10.3. The first kappa shape index (κ1) is 12.5. The molecule has 1 rings (SSSR count). The summed E-state index contributed by atoms with van der Waals surface area (Å²) in [5, 5.41) is 3.13. The lowest BCUT2D eigenvalue weighted by Crippen LogP contribution is -2.62. The first-order valence-electron chi connectivity index (χ1n) is 5.65. The molecule has 0 aromatic carbocycles. The topological polar surface area (TPSA) is 35.6 Å². The fourth-order valence-corrected chi connectivity index (χ4v) is 2.09. The van der Waals surface area contributed by atoms with Gasteiger partial charge in [-0.1, -0.05) is 0 Å². The van der Waals surface area contributed by atoms with Crippen LogP contribution in [0.3, 0.4) is 0 Å². The van der Waals surface area contributed by atoms with Crippen LogP contribution in [0.2, 0.25) is 0 Å². The summed E-state index contributed by atoms with van der Waals surface area (Å²) in [6.45, 7) is 7.87. The average molecular weight is 213 g/mol. The number of nitrogens with zero attached hydrogens (tertiary/aromatic N) is 2. The monoisotopic (exact) mass is 213 g/mol. The smallest absolute Gasteiger partial charge is 0.242 e. The Morgan fingerprint density at radius 1 is 1.40 bits per heavy atom. The van der Waals surface area contributed by atoms with E-state index in [2.05, 4.69) is 10.2 Å². The molecule has 0 radical (unpaired) electrons. The average Bonchev–Trinajstić information content (AvgIpc) is 2.19. The Morgan fingerprint density at radius 3 is 2.67 bits per heavy atom. The van der Waals surface area contributed by atoms with Crippen LogP contribution in [0.1, 0.15) is 20.3 Å². The van der Waals surface area contributed by atoms with E-state index < -0.39 is 0 Å². The predicted molar refractivity (Wildman–Crippen MR) is 61.8 cm³/mol. The third kappa shape index (κ3) is 2.69. The molecule has 1 saturated heterocycles. The number of amides is 1. The molecule has 0 aromatic heterocycles. The van der Waals surface area contributed by atoms with Crippen LogP contribution in [0.5, 0.6) is 0 Å². The van der Waals surface area contributed by atoms with Crippen molar-refractivity contribution >= 4 is 5.91 Å². The zero-order valence-electron chi connectivity index (χ0n) is 10.3. The molecule has 88 valence electrons. The van der Waals surface area contributed by atoms with E-state index in [4.69, 9.17) is 0 Å². The third-order valence-corrected chi connectivity index (χ3v) is 3.22. The van der Waals surface area contributed by atoms with Crippen molar-refractivity contribution in [2.75, 3.05) is 40.3 Å². The van der Waals surface area contributed by atoms with E-state index in [0.717, 1.165) is 32.6 Å². The first-order valence-corrected chi connectivity index (χ1v) is 5.65. The maximum atomic E-state index is 12.0. The largest absolute Gasteiger partial charge is 0.343 e. The molecule has 0 aromatic rings. The van der Waals surface area contributed by atoms with Gasteiger partial charge in [-0.2, -0.15) is 0 Å². The van der Waals surface area contributed by atoms with Crippen molar-refractivity contribution in [2.45, 2.75) is 25.8 Å². The molecular weight excluding hydrogens is 190 g/mol. The Kier molecular flexibility index (Phi) is 4.11. The van der Waals surface area contributed by atoms with Crippen molar-refractivity contribution in [3.63, 3.8) is 0 Å². The lowest BCUT2D eigenvalue weighted by molar-refractivity contribution is -0.147. The van der Waals surface area contributed by atoms with Gasteiger partial charge >= 0.3 is 0 Å². The van der Waals surface area contributed by atoms with Crippen LogP contribution < -0.4 is 5.32 Å². The van der Waals surface area contributed by atoms with Gasteiger partial charge in [0.2, 0.25) is 5.91 Å². The summed E-state index contributed by atoms with van der Waals surface area (Å²) in [6, 6.07) is 0. The molecule has 0 aliphatic carbocycles. The van der Waals surface area contributed by atoms with E-state index in [-0.39, 0.29) is 11.4 Å². The zero-order chi connectivity index (χ0) is 11.5.